The molecular weight excluding hydrogens is 336 g/mol. The Morgan fingerprint density at radius 3 is 2.37 bits per heavy atom. The molecule has 0 radical (unpaired) electrons. The highest BCUT2D eigenvalue weighted by atomic mass is 16.2. The normalized spacial score (nSPS) is 31.0. The summed E-state index contributed by atoms with van der Waals surface area (Å²) in [5.41, 5.74) is 1.31. The van der Waals surface area contributed by atoms with Crippen LogP contribution in [0, 0.1) is 17.2 Å². The van der Waals surface area contributed by atoms with Gasteiger partial charge in [-0.1, -0.05) is 30.3 Å². The number of amides is 2. The van der Waals surface area contributed by atoms with E-state index in [1.165, 1.54) is 18.4 Å². The van der Waals surface area contributed by atoms with Crippen LogP contribution in [0.3, 0.4) is 0 Å². The van der Waals surface area contributed by atoms with Gasteiger partial charge in [-0.25, -0.2) is 4.79 Å². The Hall–Kier alpha value is -2.06. The number of nitrogens with zero attached hydrogens (tertiary/aromatic N) is 4. The molecule has 5 heteroatoms. The molecule has 4 rings (SSSR count). The minimum atomic E-state index is -0.0924. The lowest BCUT2D eigenvalue weighted by atomic mass is 9.68. The Bertz CT molecular complexity index is 726. The number of carbonyl (C=O) groups excluding carboxylic acids is 1. The van der Waals surface area contributed by atoms with E-state index < -0.39 is 0 Å². The Balaban J connectivity index is 1.60. The highest BCUT2D eigenvalue weighted by Gasteiger charge is 2.55. The van der Waals surface area contributed by atoms with Crippen LogP contribution in [0.15, 0.2) is 30.3 Å². The molecule has 2 amide bonds. The standard InChI is InChI=1S/C22H30N4O/c1-24(2)22(19-6-4-3-5-7-19)12-10-21(11-13-22)17-25(15-14-23)20(27)26(21)16-18-8-9-18/h3-7,18H,8-13,15-17H2,1-2H3. The van der Waals surface area contributed by atoms with Crippen LogP contribution in [-0.2, 0) is 5.54 Å². The number of hydrogen-bond acceptors (Lipinski definition) is 3. The van der Waals surface area contributed by atoms with Gasteiger partial charge in [-0.3, -0.25) is 4.90 Å². The fraction of sp³-hybridized carbons (Fsp3) is 0.636. The number of rotatable bonds is 5. The summed E-state index contributed by atoms with van der Waals surface area (Å²) in [5.74, 6) is 0.669. The fourth-order valence-corrected chi connectivity index (χ4v) is 5.22. The van der Waals surface area contributed by atoms with Crippen LogP contribution >= 0.6 is 0 Å². The molecule has 1 saturated heterocycles. The van der Waals surface area contributed by atoms with E-state index in [1.807, 2.05) is 0 Å². The molecule has 27 heavy (non-hydrogen) atoms. The smallest absolute Gasteiger partial charge is 0.317 e. The summed E-state index contributed by atoms with van der Waals surface area (Å²) in [6.07, 6.45) is 6.56. The van der Waals surface area contributed by atoms with Crippen molar-refractivity contribution >= 4 is 6.03 Å². The average molecular weight is 367 g/mol. The molecule has 1 heterocycles. The Labute approximate surface area is 162 Å². The van der Waals surface area contributed by atoms with Gasteiger partial charge in [0.05, 0.1) is 11.6 Å². The molecule has 3 fully saturated rings. The molecule has 1 aromatic carbocycles. The third-order valence-corrected chi connectivity index (χ3v) is 7.13. The van der Waals surface area contributed by atoms with E-state index in [2.05, 4.69) is 60.3 Å². The summed E-state index contributed by atoms with van der Waals surface area (Å²) >= 11 is 0. The molecule has 2 aliphatic carbocycles. The van der Waals surface area contributed by atoms with Crippen LogP contribution < -0.4 is 0 Å². The zero-order valence-electron chi connectivity index (χ0n) is 16.5. The molecule has 5 nitrogen and oxygen atoms in total. The summed E-state index contributed by atoms with van der Waals surface area (Å²) in [7, 11) is 4.35. The monoisotopic (exact) mass is 366 g/mol. The molecule has 0 N–H and O–H groups in total. The maximum atomic E-state index is 13.0. The Kier molecular flexibility index (Phi) is 4.63. The number of carbonyl (C=O) groups is 1. The van der Waals surface area contributed by atoms with Crippen LogP contribution in [0.5, 0.6) is 0 Å². The van der Waals surface area contributed by atoms with Gasteiger partial charge in [0.1, 0.15) is 6.54 Å². The molecular formula is C22H30N4O. The molecule has 0 unspecified atom stereocenters. The lowest BCUT2D eigenvalue weighted by Gasteiger charge is -2.51. The lowest BCUT2D eigenvalue weighted by Crippen LogP contribution is -2.55. The van der Waals surface area contributed by atoms with Gasteiger partial charge < -0.3 is 9.80 Å². The van der Waals surface area contributed by atoms with Gasteiger partial charge in [0, 0.05) is 18.6 Å². The van der Waals surface area contributed by atoms with E-state index in [0.717, 1.165) is 32.2 Å². The quantitative estimate of drug-likeness (QED) is 0.750. The maximum absolute atomic E-state index is 13.0. The first-order valence-corrected chi connectivity index (χ1v) is 10.2. The van der Waals surface area contributed by atoms with Gasteiger partial charge in [-0.05, 0) is 64.1 Å². The second kappa shape index (κ2) is 6.83. The SMILES string of the molecule is CN(C)C1(c2ccccc2)CCC2(CC1)CN(CC#N)C(=O)N2CC1CC1. The number of hydrogen-bond donors (Lipinski definition) is 0. The molecule has 0 aromatic heterocycles. The first-order chi connectivity index (χ1) is 13.0. The molecule has 0 atom stereocenters. The summed E-state index contributed by atoms with van der Waals surface area (Å²) in [5, 5.41) is 9.15. The first kappa shape index (κ1) is 18.3. The largest absolute Gasteiger partial charge is 0.321 e. The van der Waals surface area contributed by atoms with Crippen molar-refractivity contribution in [1.82, 2.24) is 14.7 Å². The predicted molar refractivity (Wildman–Crippen MR) is 105 cm³/mol. The fourth-order valence-electron chi connectivity index (χ4n) is 5.22. The van der Waals surface area contributed by atoms with E-state index >= 15 is 0 Å². The molecule has 1 spiro atoms. The molecule has 3 aliphatic rings. The van der Waals surface area contributed by atoms with Gasteiger partial charge in [-0.2, -0.15) is 5.26 Å². The highest BCUT2D eigenvalue weighted by molar-refractivity contribution is 5.78. The molecule has 2 saturated carbocycles. The lowest BCUT2D eigenvalue weighted by molar-refractivity contribution is 0.0235. The van der Waals surface area contributed by atoms with E-state index in [4.69, 9.17) is 5.26 Å². The highest BCUT2D eigenvalue weighted by Crippen LogP contribution is 2.49. The van der Waals surface area contributed by atoms with Gasteiger partial charge in [0.15, 0.2) is 0 Å². The minimum Gasteiger partial charge on any atom is -0.317 e. The van der Waals surface area contributed by atoms with E-state index in [1.54, 1.807) is 4.90 Å². The van der Waals surface area contributed by atoms with Crippen molar-refractivity contribution in [2.75, 3.05) is 33.7 Å². The summed E-state index contributed by atoms with van der Waals surface area (Å²) in [6.45, 7) is 1.80. The van der Waals surface area contributed by atoms with E-state index in [9.17, 15) is 4.79 Å². The van der Waals surface area contributed by atoms with E-state index in [0.29, 0.717) is 12.5 Å². The second-order valence-corrected chi connectivity index (χ2v) is 8.87. The van der Waals surface area contributed by atoms with Crippen molar-refractivity contribution < 1.29 is 4.79 Å². The molecule has 144 valence electrons. The Morgan fingerprint density at radius 1 is 1.15 bits per heavy atom. The third kappa shape index (κ3) is 3.10. The van der Waals surface area contributed by atoms with Crippen molar-refractivity contribution in [3.63, 3.8) is 0 Å². The van der Waals surface area contributed by atoms with Gasteiger partial charge in [0.2, 0.25) is 0 Å². The van der Waals surface area contributed by atoms with Gasteiger partial charge >= 0.3 is 6.03 Å². The Morgan fingerprint density at radius 2 is 1.81 bits per heavy atom. The van der Waals surface area contributed by atoms with Crippen LogP contribution in [0.1, 0.15) is 44.1 Å². The van der Waals surface area contributed by atoms with Crippen LogP contribution in [0.25, 0.3) is 0 Å². The van der Waals surface area contributed by atoms with Crippen LogP contribution in [0.2, 0.25) is 0 Å². The summed E-state index contributed by atoms with van der Waals surface area (Å²) in [6, 6.07) is 13.1. The van der Waals surface area contributed by atoms with Crippen molar-refractivity contribution in [2.45, 2.75) is 49.6 Å². The van der Waals surface area contributed by atoms with Crippen molar-refractivity contribution in [1.29, 1.82) is 5.26 Å². The van der Waals surface area contributed by atoms with Crippen molar-refractivity contribution in [2.24, 2.45) is 5.92 Å². The van der Waals surface area contributed by atoms with Gasteiger partial charge in [-0.15, -0.1) is 0 Å². The zero-order valence-corrected chi connectivity index (χ0v) is 16.5. The summed E-state index contributed by atoms with van der Waals surface area (Å²) in [4.78, 5) is 19.3. The van der Waals surface area contributed by atoms with E-state index in [-0.39, 0.29) is 23.7 Å². The van der Waals surface area contributed by atoms with Crippen molar-refractivity contribution in [3.8, 4) is 6.07 Å². The first-order valence-electron chi connectivity index (χ1n) is 10.2. The number of nitriles is 1. The van der Waals surface area contributed by atoms with Crippen LogP contribution in [-0.4, -0.2) is 60.0 Å². The molecule has 1 aromatic rings. The van der Waals surface area contributed by atoms with Crippen molar-refractivity contribution in [3.05, 3.63) is 35.9 Å². The predicted octanol–water partition coefficient (Wildman–Crippen LogP) is 3.43. The topological polar surface area (TPSA) is 50.6 Å². The molecule has 1 aliphatic heterocycles. The average Bonchev–Trinajstić information content (AvgIpc) is 3.47. The van der Waals surface area contributed by atoms with Gasteiger partial charge in [0.25, 0.3) is 0 Å². The second-order valence-electron chi connectivity index (χ2n) is 8.87. The summed E-state index contributed by atoms with van der Waals surface area (Å²) < 4.78 is 0. The number of urea groups is 1. The molecule has 0 bridgehead atoms. The van der Waals surface area contributed by atoms with Crippen LogP contribution in [0.4, 0.5) is 4.79 Å². The minimum absolute atomic E-state index is 0.0312. The zero-order chi connectivity index (χ0) is 19.1. The third-order valence-electron chi connectivity index (χ3n) is 7.13. The maximum Gasteiger partial charge on any atom is 0.321 e. The number of benzene rings is 1.